The number of hydrogen-bond donors (Lipinski definition) is 0. The third-order valence-electron chi connectivity index (χ3n) is 8.68. The van der Waals surface area contributed by atoms with Crippen LogP contribution < -0.4 is 0 Å². The van der Waals surface area contributed by atoms with Crippen molar-refractivity contribution in [1.29, 1.82) is 0 Å². The van der Waals surface area contributed by atoms with Crippen LogP contribution in [0.5, 0.6) is 0 Å². The third kappa shape index (κ3) is 5.80. The molecule has 2 aliphatic carbocycles. The van der Waals surface area contributed by atoms with Gasteiger partial charge in [-0.25, -0.2) is 9.97 Å². The van der Waals surface area contributed by atoms with Crippen molar-refractivity contribution in [3.63, 3.8) is 0 Å². The van der Waals surface area contributed by atoms with E-state index in [1.807, 2.05) is 18.2 Å². The molecule has 0 saturated heterocycles. The fourth-order valence-corrected chi connectivity index (χ4v) is 6.37. The van der Waals surface area contributed by atoms with Gasteiger partial charge in [-0.15, -0.1) is 0 Å². The summed E-state index contributed by atoms with van der Waals surface area (Å²) in [5.74, 6) is 0.682. The van der Waals surface area contributed by atoms with Crippen LogP contribution in [-0.4, -0.2) is 14.5 Å². The van der Waals surface area contributed by atoms with Gasteiger partial charge in [0.05, 0.1) is 16.9 Å². The molecule has 0 radical (unpaired) electrons. The number of benzene rings is 3. The fourth-order valence-electron chi connectivity index (χ4n) is 6.37. The normalized spacial score (nSPS) is 17.2. The third-order valence-corrected chi connectivity index (χ3v) is 8.68. The lowest BCUT2D eigenvalue weighted by atomic mass is 9.95. The van der Waals surface area contributed by atoms with Crippen molar-refractivity contribution in [2.24, 2.45) is 0 Å². The number of aryl methyl sites for hydroxylation is 1. The summed E-state index contributed by atoms with van der Waals surface area (Å²) >= 11 is 0. The highest BCUT2D eigenvalue weighted by molar-refractivity contribution is 5.93. The van der Waals surface area contributed by atoms with Crippen molar-refractivity contribution in [3.8, 4) is 22.6 Å². The Bertz CT molecular complexity index is 2110. The van der Waals surface area contributed by atoms with Crippen LogP contribution in [0, 0.1) is 0 Å². The molecule has 0 bridgehead atoms. The quantitative estimate of drug-likeness (QED) is 0.175. The Labute approximate surface area is 271 Å². The molecule has 0 saturated carbocycles. The van der Waals surface area contributed by atoms with E-state index < -0.39 is 0 Å². The van der Waals surface area contributed by atoms with Gasteiger partial charge < -0.3 is 4.57 Å². The first-order valence-corrected chi connectivity index (χ1v) is 16.1. The van der Waals surface area contributed by atoms with E-state index in [1.54, 1.807) is 0 Å². The van der Waals surface area contributed by atoms with Crippen molar-refractivity contribution in [1.82, 2.24) is 14.5 Å². The molecule has 0 N–H and O–H groups in total. The molecule has 0 amide bonds. The summed E-state index contributed by atoms with van der Waals surface area (Å²) in [5.41, 5.74) is 11.8. The van der Waals surface area contributed by atoms with E-state index in [2.05, 4.69) is 146 Å². The van der Waals surface area contributed by atoms with Crippen LogP contribution in [0.1, 0.15) is 48.7 Å². The summed E-state index contributed by atoms with van der Waals surface area (Å²) in [4.78, 5) is 10.2. The molecule has 46 heavy (non-hydrogen) atoms. The van der Waals surface area contributed by atoms with Gasteiger partial charge in [0, 0.05) is 27.9 Å². The van der Waals surface area contributed by atoms with Gasteiger partial charge in [-0.05, 0) is 79.2 Å². The van der Waals surface area contributed by atoms with Gasteiger partial charge in [-0.1, -0.05) is 128 Å². The molecule has 2 heterocycles. The number of aromatic nitrogens is 3. The van der Waals surface area contributed by atoms with Crippen molar-refractivity contribution >= 4 is 33.8 Å². The first-order chi connectivity index (χ1) is 22.7. The Hall–Kier alpha value is -5.54. The van der Waals surface area contributed by atoms with Gasteiger partial charge in [0.2, 0.25) is 0 Å². The van der Waals surface area contributed by atoms with Crippen molar-refractivity contribution in [3.05, 3.63) is 169 Å². The van der Waals surface area contributed by atoms with E-state index in [1.165, 1.54) is 27.7 Å². The van der Waals surface area contributed by atoms with Crippen molar-refractivity contribution < 1.29 is 0 Å². The number of para-hydroxylation sites is 1. The van der Waals surface area contributed by atoms with Crippen LogP contribution in [-0.2, 0) is 6.42 Å². The number of hydrogen-bond acceptors (Lipinski definition) is 2. The zero-order chi connectivity index (χ0) is 31.3. The van der Waals surface area contributed by atoms with Gasteiger partial charge >= 0.3 is 0 Å². The molecule has 3 aromatic carbocycles. The first kappa shape index (κ1) is 29.2. The second-order valence-corrected chi connectivity index (χ2v) is 11.6. The molecule has 0 aliphatic heterocycles. The van der Waals surface area contributed by atoms with Crippen LogP contribution >= 0.6 is 0 Å². The number of allylic oxidation sites excluding steroid dienone is 12. The van der Waals surface area contributed by atoms with Crippen LogP contribution in [0.25, 0.3) is 56.5 Å². The zero-order valence-corrected chi connectivity index (χ0v) is 26.2. The second kappa shape index (κ2) is 13.2. The zero-order valence-electron chi connectivity index (χ0n) is 26.2. The monoisotopic (exact) mass is 595 g/mol. The average molecular weight is 596 g/mol. The Kier molecular flexibility index (Phi) is 8.38. The molecule has 0 atom stereocenters. The summed E-state index contributed by atoms with van der Waals surface area (Å²) in [6.07, 6.45) is 26.2. The lowest BCUT2D eigenvalue weighted by Gasteiger charge is -2.14. The summed E-state index contributed by atoms with van der Waals surface area (Å²) < 4.78 is 2.37. The molecule has 5 aromatic rings. The maximum absolute atomic E-state index is 5.12. The topological polar surface area (TPSA) is 30.7 Å². The molecule has 224 valence electrons. The average Bonchev–Trinajstić information content (AvgIpc) is 3.43. The summed E-state index contributed by atoms with van der Waals surface area (Å²) in [6.45, 7) is 6.60. The Morgan fingerprint density at radius 1 is 0.783 bits per heavy atom. The Balaban J connectivity index is 1.31. The van der Waals surface area contributed by atoms with Crippen LogP contribution in [0.2, 0.25) is 0 Å². The standard InChI is InChI=1S/C43H37N3/c1-3-34(46-41-26-16-14-24-37(41)38-25-15-17-27-42(38)46)29-28-31(2)39-30-40(45-43(44-39)33-20-10-7-11-21-33)36-23-13-12-22-35(36)32-18-8-5-4-6-9-19-32/h3,5,7-14,16-24,26-30H,2,4,6,15,25H2,1H3/b8-5-,19-9-,29-28-,32-18+,34-3+. The number of fused-ring (bicyclic) bond motifs is 3. The Morgan fingerprint density at radius 2 is 1.54 bits per heavy atom. The molecule has 7 rings (SSSR count). The van der Waals surface area contributed by atoms with E-state index in [-0.39, 0.29) is 0 Å². The second-order valence-electron chi connectivity index (χ2n) is 11.6. The fraction of sp³-hybridized carbons (Fsp3) is 0.116. The highest BCUT2D eigenvalue weighted by Crippen LogP contribution is 2.35. The van der Waals surface area contributed by atoms with Gasteiger partial charge in [-0.3, -0.25) is 0 Å². The molecule has 3 nitrogen and oxygen atoms in total. The predicted molar refractivity (Wildman–Crippen MR) is 196 cm³/mol. The van der Waals surface area contributed by atoms with E-state index in [0.29, 0.717) is 5.82 Å². The summed E-state index contributed by atoms with van der Waals surface area (Å²) in [7, 11) is 0. The maximum atomic E-state index is 5.12. The largest absolute Gasteiger partial charge is 0.310 e. The molecule has 2 aliphatic rings. The van der Waals surface area contributed by atoms with Gasteiger partial charge in [0.25, 0.3) is 0 Å². The van der Waals surface area contributed by atoms with E-state index in [4.69, 9.17) is 9.97 Å². The lowest BCUT2D eigenvalue weighted by molar-refractivity contribution is 0.974. The van der Waals surface area contributed by atoms with Crippen LogP contribution in [0.15, 0.2) is 146 Å². The van der Waals surface area contributed by atoms with E-state index in [0.717, 1.165) is 65.0 Å². The van der Waals surface area contributed by atoms with Gasteiger partial charge in [0.15, 0.2) is 5.82 Å². The molecule has 0 unspecified atom stereocenters. The van der Waals surface area contributed by atoms with Gasteiger partial charge in [0.1, 0.15) is 0 Å². The van der Waals surface area contributed by atoms with Crippen molar-refractivity contribution in [2.45, 2.75) is 32.6 Å². The number of rotatable bonds is 7. The molecular weight excluding hydrogens is 558 g/mol. The van der Waals surface area contributed by atoms with E-state index in [9.17, 15) is 0 Å². The molecule has 0 fully saturated rings. The van der Waals surface area contributed by atoms with E-state index >= 15 is 0 Å². The first-order valence-electron chi connectivity index (χ1n) is 16.1. The molecule has 0 spiro atoms. The summed E-state index contributed by atoms with van der Waals surface area (Å²) in [5, 5.41) is 1.32. The highest BCUT2D eigenvalue weighted by atomic mass is 15.0. The highest BCUT2D eigenvalue weighted by Gasteiger charge is 2.19. The van der Waals surface area contributed by atoms with Crippen molar-refractivity contribution in [2.75, 3.05) is 0 Å². The predicted octanol–water partition coefficient (Wildman–Crippen LogP) is 11.1. The smallest absolute Gasteiger partial charge is 0.160 e. The summed E-state index contributed by atoms with van der Waals surface area (Å²) in [6, 6.07) is 29.5. The minimum Gasteiger partial charge on any atom is -0.310 e. The molecule has 3 heteroatoms. The maximum Gasteiger partial charge on any atom is 0.160 e. The van der Waals surface area contributed by atoms with Gasteiger partial charge in [-0.2, -0.15) is 0 Å². The number of nitrogens with zero attached hydrogens (tertiary/aromatic N) is 3. The molecule has 2 aromatic heterocycles. The minimum absolute atomic E-state index is 0.682. The van der Waals surface area contributed by atoms with Crippen LogP contribution in [0.3, 0.4) is 0 Å². The SMILES string of the molecule is C=C(/C=C\C(=C/C)n1c2c(c3ccccc31)CCC=C2)c1cc(-c2ccccc2C2=C/C=C\CC/C=C\2)nc(-c2ccccc2)n1. The molecular formula is C43H37N3. The Morgan fingerprint density at radius 3 is 2.41 bits per heavy atom. The minimum atomic E-state index is 0.682. The van der Waals surface area contributed by atoms with Crippen LogP contribution in [0.4, 0.5) is 0 Å². The lowest BCUT2D eigenvalue weighted by Crippen LogP contribution is -2.01.